The van der Waals surface area contributed by atoms with Crippen LogP contribution in [0.5, 0.6) is 0 Å². The van der Waals surface area contributed by atoms with Crippen LogP contribution in [0.15, 0.2) is 36.7 Å². The summed E-state index contributed by atoms with van der Waals surface area (Å²) in [5, 5.41) is 7.43. The molecule has 0 spiro atoms. The number of carbonyl (C=O) groups excluding carboxylic acids is 1. The molecular weight excluding hydrogens is 202 g/mol. The minimum absolute atomic E-state index is 0.461. The van der Waals surface area contributed by atoms with E-state index >= 15 is 0 Å². The van der Waals surface area contributed by atoms with Crippen molar-refractivity contribution in [2.45, 2.75) is 0 Å². The van der Waals surface area contributed by atoms with Gasteiger partial charge in [0.05, 0.1) is 18.1 Å². The lowest BCUT2D eigenvalue weighted by Gasteiger charge is -1.99. The number of rotatable bonds is 2. The molecule has 0 fully saturated rings. The first-order chi connectivity index (χ1) is 6.77. The SMILES string of the molecule is O=C(Cl)c1ccc(-n2nccn2)cc1. The van der Waals surface area contributed by atoms with Crippen molar-refractivity contribution in [1.82, 2.24) is 15.0 Å². The molecule has 0 saturated carbocycles. The molecule has 0 amide bonds. The first kappa shape index (κ1) is 8.90. The van der Waals surface area contributed by atoms with Crippen LogP contribution in [0.4, 0.5) is 0 Å². The van der Waals surface area contributed by atoms with Crippen LogP contribution in [0.1, 0.15) is 10.4 Å². The summed E-state index contributed by atoms with van der Waals surface area (Å²) in [6, 6.07) is 6.73. The average Bonchev–Trinajstić information content (AvgIpc) is 2.71. The standard InChI is InChI=1S/C9H6ClN3O/c10-9(14)7-1-3-8(4-2-7)13-11-5-6-12-13/h1-6H. The van der Waals surface area contributed by atoms with Gasteiger partial charge in [-0.05, 0) is 35.9 Å². The molecule has 0 unspecified atom stereocenters. The summed E-state index contributed by atoms with van der Waals surface area (Å²) >= 11 is 5.30. The highest BCUT2D eigenvalue weighted by molar-refractivity contribution is 6.67. The van der Waals surface area contributed by atoms with E-state index in [0.717, 1.165) is 5.69 Å². The Morgan fingerprint density at radius 2 is 1.71 bits per heavy atom. The number of hydrogen-bond acceptors (Lipinski definition) is 3. The van der Waals surface area contributed by atoms with Gasteiger partial charge in [-0.2, -0.15) is 15.0 Å². The molecule has 0 radical (unpaired) electrons. The minimum Gasteiger partial charge on any atom is -0.276 e. The number of halogens is 1. The lowest BCUT2D eigenvalue weighted by molar-refractivity contribution is 0.108. The third-order valence-corrected chi connectivity index (χ3v) is 1.96. The maximum Gasteiger partial charge on any atom is 0.252 e. The van der Waals surface area contributed by atoms with Crippen molar-refractivity contribution in [2.24, 2.45) is 0 Å². The molecule has 70 valence electrons. The van der Waals surface area contributed by atoms with Crippen molar-refractivity contribution < 1.29 is 4.79 Å². The highest BCUT2D eigenvalue weighted by Gasteiger charge is 2.02. The molecule has 1 heterocycles. The van der Waals surface area contributed by atoms with Crippen LogP contribution >= 0.6 is 11.6 Å². The summed E-state index contributed by atoms with van der Waals surface area (Å²) in [7, 11) is 0. The Bertz CT molecular complexity index is 436. The summed E-state index contributed by atoms with van der Waals surface area (Å²) in [5.41, 5.74) is 1.25. The van der Waals surface area contributed by atoms with E-state index in [1.807, 2.05) is 0 Å². The topological polar surface area (TPSA) is 47.8 Å². The second-order valence-electron chi connectivity index (χ2n) is 2.64. The molecule has 0 aliphatic rings. The molecule has 4 nitrogen and oxygen atoms in total. The van der Waals surface area contributed by atoms with Crippen LogP contribution in [-0.2, 0) is 0 Å². The predicted octanol–water partition coefficient (Wildman–Crippen LogP) is 1.65. The van der Waals surface area contributed by atoms with E-state index in [2.05, 4.69) is 10.2 Å². The molecule has 0 atom stereocenters. The van der Waals surface area contributed by atoms with Crippen molar-refractivity contribution >= 4 is 16.8 Å². The van der Waals surface area contributed by atoms with Crippen LogP contribution in [-0.4, -0.2) is 20.2 Å². The second-order valence-corrected chi connectivity index (χ2v) is 2.98. The summed E-state index contributed by atoms with van der Waals surface area (Å²) in [6.07, 6.45) is 3.17. The normalized spacial score (nSPS) is 10.1. The fraction of sp³-hybridized carbons (Fsp3) is 0. The van der Waals surface area contributed by atoms with E-state index in [0.29, 0.717) is 5.56 Å². The molecule has 0 aliphatic carbocycles. The van der Waals surface area contributed by atoms with Crippen LogP contribution in [0.2, 0.25) is 0 Å². The highest BCUT2D eigenvalue weighted by Crippen LogP contribution is 2.09. The molecule has 2 aromatic rings. The first-order valence-electron chi connectivity index (χ1n) is 3.94. The largest absolute Gasteiger partial charge is 0.276 e. The summed E-state index contributed by atoms with van der Waals surface area (Å²) in [4.78, 5) is 12.2. The van der Waals surface area contributed by atoms with E-state index in [-0.39, 0.29) is 0 Å². The van der Waals surface area contributed by atoms with Crippen molar-refractivity contribution in [3.63, 3.8) is 0 Å². The van der Waals surface area contributed by atoms with E-state index in [1.54, 1.807) is 36.7 Å². The third kappa shape index (κ3) is 1.65. The maximum absolute atomic E-state index is 10.8. The van der Waals surface area contributed by atoms with Crippen molar-refractivity contribution in [2.75, 3.05) is 0 Å². The highest BCUT2D eigenvalue weighted by atomic mass is 35.5. The fourth-order valence-corrected chi connectivity index (χ4v) is 1.20. The summed E-state index contributed by atoms with van der Waals surface area (Å²) < 4.78 is 0. The predicted molar refractivity (Wildman–Crippen MR) is 51.5 cm³/mol. The van der Waals surface area contributed by atoms with Crippen LogP contribution in [0.3, 0.4) is 0 Å². The smallest absolute Gasteiger partial charge is 0.252 e. The number of carbonyl (C=O) groups is 1. The molecule has 1 aromatic carbocycles. The Labute approximate surface area is 85.1 Å². The Hall–Kier alpha value is -1.68. The number of aromatic nitrogens is 3. The van der Waals surface area contributed by atoms with Crippen LogP contribution in [0, 0.1) is 0 Å². The van der Waals surface area contributed by atoms with E-state index in [9.17, 15) is 4.79 Å². The van der Waals surface area contributed by atoms with Gasteiger partial charge in [0.25, 0.3) is 5.24 Å². The van der Waals surface area contributed by atoms with Crippen molar-refractivity contribution in [3.05, 3.63) is 42.2 Å². The lowest BCUT2D eigenvalue weighted by atomic mass is 10.2. The van der Waals surface area contributed by atoms with Gasteiger partial charge in [-0.15, -0.1) is 0 Å². The maximum atomic E-state index is 10.8. The van der Waals surface area contributed by atoms with Gasteiger partial charge in [-0.3, -0.25) is 4.79 Å². The molecule has 14 heavy (non-hydrogen) atoms. The molecule has 0 aliphatic heterocycles. The zero-order chi connectivity index (χ0) is 9.97. The molecule has 2 rings (SSSR count). The van der Waals surface area contributed by atoms with Crippen LogP contribution in [0.25, 0.3) is 5.69 Å². The number of nitrogens with zero attached hydrogens (tertiary/aromatic N) is 3. The summed E-state index contributed by atoms with van der Waals surface area (Å²) in [6.45, 7) is 0. The minimum atomic E-state index is -0.468. The molecular formula is C9H6ClN3O. The summed E-state index contributed by atoms with van der Waals surface area (Å²) in [5.74, 6) is 0. The molecule has 0 saturated heterocycles. The molecule has 5 heteroatoms. The monoisotopic (exact) mass is 207 g/mol. The fourth-order valence-electron chi connectivity index (χ4n) is 1.07. The third-order valence-electron chi connectivity index (χ3n) is 1.74. The van der Waals surface area contributed by atoms with Gasteiger partial charge >= 0.3 is 0 Å². The van der Waals surface area contributed by atoms with Gasteiger partial charge in [0.15, 0.2) is 0 Å². The van der Waals surface area contributed by atoms with E-state index in [1.165, 1.54) is 4.80 Å². The Balaban J connectivity index is 2.36. The zero-order valence-corrected chi connectivity index (χ0v) is 7.85. The van der Waals surface area contributed by atoms with Gasteiger partial charge in [-0.1, -0.05) is 0 Å². The Kier molecular flexibility index (Phi) is 2.28. The van der Waals surface area contributed by atoms with Gasteiger partial charge in [0.1, 0.15) is 0 Å². The van der Waals surface area contributed by atoms with Crippen molar-refractivity contribution in [3.8, 4) is 5.69 Å². The Morgan fingerprint density at radius 1 is 1.14 bits per heavy atom. The van der Waals surface area contributed by atoms with Gasteiger partial charge < -0.3 is 0 Å². The number of benzene rings is 1. The second kappa shape index (κ2) is 3.59. The Morgan fingerprint density at radius 3 is 2.21 bits per heavy atom. The van der Waals surface area contributed by atoms with Crippen LogP contribution < -0.4 is 0 Å². The van der Waals surface area contributed by atoms with Crippen molar-refractivity contribution in [1.29, 1.82) is 0 Å². The average molecular weight is 208 g/mol. The molecule has 0 N–H and O–H groups in total. The van der Waals surface area contributed by atoms with Gasteiger partial charge in [0.2, 0.25) is 0 Å². The van der Waals surface area contributed by atoms with Gasteiger partial charge in [0, 0.05) is 5.56 Å². The van der Waals surface area contributed by atoms with E-state index < -0.39 is 5.24 Å². The zero-order valence-electron chi connectivity index (χ0n) is 7.09. The van der Waals surface area contributed by atoms with E-state index in [4.69, 9.17) is 11.6 Å². The lowest BCUT2D eigenvalue weighted by Crippen LogP contribution is -1.98. The molecule has 0 bridgehead atoms. The molecule has 1 aromatic heterocycles. The first-order valence-corrected chi connectivity index (χ1v) is 4.32. The van der Waals surface area contributed by atoms with Gasteiger partial charge in [-0.25, -0.2) is 0 Å². The quantitative estimate of drug-likeness (QED) is 0.704. The number of hydrogen-bond donors (Lipinski definition) is 0.